The normalized spacial score (nSPS) is 27.3. The van der Waals surface area contributed by atoms with E-state index in [4.69, 9.17) is 5.73 Å². The average molecular weight is 281 g/mol. The first-order valence-electron chi connectivity index (χ1n) is 7.85. The standard InChI is InChI=1S/C15H27N3O2/c1-3-15(13(16)19,12-6-4-5-7-12)14(20)18-9-8-17-10-11(18)2/h11-12,17H,3-10H2,1-2H3,(H2,16,19). The van der Waals surface area contributed by atoms with Crippen LogP contribution in [0.1, 0.15) is 46.0 Å². The minimum absolute atomic E-state index is 0.0339. The fourth-order valence-electron chi connectivity index (χ4n) is 3.91. The third-order valence-corrected chi connectivity index (χ3v) is 5.19. The van der Waals surface area contributed by atoms with Crippen molar-refractivity contribution in [2.45, 2.75) is 52.0 Å². The Morgan fingerprint density at radius 1 is 1.35 bits per heavy atom. The molecule has 1 saturated heterocycles. The molecule has 0 aromatic heterocycles. The first-order valence-corrected chi connectivity index (χ1v) is 7.85. The summed E-state index contributed by atoms with van der Waals surface area (Å²) in [5.74, 6) is -0.337. The number of carbonyl (C=O) groups excluding carboxylic acids is 2. The Balaban J connectivity index is 2.29. The van der Waals surface area contributed by atoms with Crippen molar-refractivity contribution in [3.8, 4) is 0 Å². The second-order valence-electron chi connectivity index (χ2n) is 6.22. The fourth-order valence-corrected chi connectivity index (χ4v) is 3.91. The van der Waals surface area contributed by atoms with E-state index in [0.717, 1.165) is 38.8 Å². The Hall–Kier alpha value is -1.10. The van der Waals surface area contributed by atoms with Crippen molar-refractivity contribution in [1.29, 1.82) is 0 Å². The van der Waals surface area contributed by atoms with Crippen LogP contribution in [-0.4, -0.2) is 42.4 Å². The topological polar surface area (TPSA) is 75.4 Å². The summed E-state index contributed by atoms with van der Waals surface area (Å²) in [5.41, 5.74) is 4.73. The number of amides is 2. The molecule has 1 heterocycles. The van der Waals surface area contributed by atoms with Crippen LogP contribution in [0.3, 0.4) is 0 Å². The van der Waals surface area contributed by atoms with Crippen molar-refractivity contribution in [2.24, 2.45) is 17.1 Å². The number of rotatable bonds is 4. The number of piperazine rings is 1. The lowest BCUT2D eigenvalue weighted by Gasteiger charge is -2.42. The van der Waals surface area contributed by atoms with Gasteiger partial charge in [0.05, 0.1) is 0 Å². The van der Waals surface area contributed by atoms with Crippen LogP contribution in [0.4, 0.5) is 0 Å². The zero-order valence-corrected chi connectivity index (χ0v) is 12.7. The molecule has 2 aliphatic rings. The Labute approximate surface area is 121 Å². The molecule has 114 valence electrons. The number of hydrogen-bond donors (Lipinski definition) is 2. The first-order chi connectivity index (χ1) is 9.54. The molecule has 2 unspecified atom stereocenters. The van der Waals surface area contributed by atoms with E-state index in [0.29, 0.717) is 13.0 Å². The molecule has 1 aliphatic carbocycles. The highest BCUT2D eigenvalue weighted by Gasteiger charge is 2.52. The number of nitrogens with zero attached hydrogens (tertiary/aromatic N) is 1. The summed E-state index contributed by atoms with van der Waals surface area (Å²) in [5, 5.41) is 3.28. The van der Waals surface area contributed by atoms with Gasteiger partial charge >= 0.3 is 0 Å². The summed E-state index contributed by atoms with van der Waals surface area (Å²) in [4.78, 5) is 27.1. The lowest BCUT2D eigenvalue weighted by atomic mass is 9.70. The minimum Gasteiger partial charge on any atom is -0.369 e. The molecule has 2 atom stereocenters. The van der Waals surface area contributed by atoms with E-state index in [1.54, 1.807) is 0 Å². The molecule has 2 rings (SSSR count). The Bertz CT molecular complexity index is 379. The van der Waals surface area contributed by atoms with Gasteiger partial charge in [-0.05, 0) is 32.1 Å². The van der Waals surface area contributed by atoms with E-state index in [2.05, 4.69) is 5.32 Å². The van der Waals surface area contributed by atoms with E-state index >= 15 is 0 Å². The molecular formula is C15H27N3O2. The van der Waals surface area contributed by atoms with E-state index in [1.807, 2.05) is 18.7 Å². The van der Waals surface area contributed by atoms with Gasteiger partial charge in [0.25, 0.3) is 0 Å². The number of primary amides is 1. The van der Waals surface area contributed by atoms with Crippen molar-refractivity contribution in [3.63, 3.8) is 0 Å². The van der Waals surface area contributed by atoms with Gasteiger partial charge in [-0.25, -0.2) is 0 Å². The van der Waals surface area contributed by atoms with E-state index < -0.39 is 11.3 Å². The van der Waals surface area contributed by atoms with Crippen LogP contribution in [0.25, 0.3) is 0 Å². The predicted molar refractivity (Wildman–Crippen MR) is 77.9 cm³/mol. The number of carbonyl (C=O) groups is 2. The Morgan fingerprint density at radius 2 is 2.00 bits per heavy atom. The summed E-state index contributed by atoms with van der Waals surface area (Å²) < 4.78 is 0. The van der Waals surface area contributed by atoms with E-state index in [-0.39, 0.29) is 17.9 Å². The van der Waals surface area contributed by atoms with Crippen molar-refractivity contribution in [2.75, 3.05) is 19.6 Å². The van der Waals surface area contributed by atoms with Gasteiger partial charge in [0.2, 0.25) is 11.8 Å². The molecule has 20 heavy (non-hydrogen) atoms. The highest BCUT2D eigenvalue weighted by Crippen LogP contribution is 2.44. The number of hydrogen-bond acceptors (Lipinski definition) is 3. The first kappa shape index (κ1) is 15.3. The molecular weight excluding hydrogens is 254 g/mol. The SMILES string of the molecule is CCC(C(N)=O)(C(=O)N1CCNCC1C)C1CCCC1. The predicted octanol–water partition coefficient (Wildman–Crippen LogP) is 0.879. The molecule has 3 N–H and O–H groups in total. The zero-order valence-electron chi connectivity index (χ0n) is 12.7. The largest absolute Gasteiger partial charge is 0.369 e. The summed E-state index contributed by atoms with van der Waals surface area (Å²) in [6.45, 7) is 6.20. The van der Waals surface area contributed by atoms with Crippen LogP contribution in [0.2, 0.25) is 0 Å². The zero-order chi connectivity index (χ0) is 14.8. The smallest absolute Gasteiger partial charge is 0.238 e. The van der Waals surface area contributed by atoms with Gasteiger partial charge in [-0.3, -0.25) is 9.59 Å². The Kier molecular flexibility index (Phi) is 4.68. The Morgan fingerprint density at radius 3 is 2.50 bits per heavy atom. The lowest BCUT2D eigenvalue weighted by molar-refractivity contribution is -0.156. The monoisotopic (exact) mass is 281 g/mol. The third-order valence-electron chi connectivity index (χ3n) is 5.19. The van der Waals surface area contributed by atoms with E-state index in [1.165, 1.54) is 0 Å². The van der Waals surface area contributed by atoms with Gasteiger partial charge in [0, 0.05) is 25.7 Å². The molecule has 0 bridgehead atoms. The molecule has 2 amide bonds. The van der Waals surface area contributed by atoms with Crippen molar-refractivity contribution >= 4 is 11.8 Å². The maximum atomic E-state index is 13.1. The minimum atomic E-state index is -0.984. The lowest BCUT2D eigenvalue weighted by Crippen LogP contribution is -2.61. The summed E-state index contributed by atoms with van der Waals surface area (Å²) in [6.07, 6.45) is 4.61. The number of nitrogens with one attached hydrogen (secondary N) is 1. The second-order valence-corrected chi connectivity index (χ2v) is 6.22. The maximum absolute atomic E-state index is 13.1. The van der Waals surface area contributed by atoms with Gasteiger partial charge in [0.15, 0.2) is 0 Å². The molecule has 1 saturated carbocycles. The molecule has 2 fully saturated rings. The third kappa shape index (κ3) is 2.43. The molecule has 0 aromatic carbocycles. The maximum Gasteiger partial charge on any atom is 0.238 e. The van der Waals surface area contributed by atoms with Crippen molar-refractivity contribution < 1.29 is 9.59 Å². The van der Waals surface area contributed by atoms with Crippen molar-refractivity contribution in [3.05, 3.63) is 0 Å². The molecule has 5 heteroatoms. The number of nitrogens with two attached hydrogens (primary N) is 1. The molecule has 0 aromatic rings. The highest BCUT2D eigenvalue weighted by atomic mass is 16.2. The second kappa shape index (κ2) is 6.12. The summed E-state index contributed by atoms with van der Waals surface area (Å²) in [7, 11) is 0. The van der Waals surface area contributed by atoms with Gasteiger partial charge in [-0.2, -0.15) is 0 Å². The van der Waals surface area contributed by atoms with Crippen LogP contribution < -0.4 is 11.1 Å². The van der Waals surface area contributed by atoms with Gasteiger partial charge in [-0.1, -0.05) is 19.8 Å². The fraction of sp³-hybridized carbons (Fsp3) is 0.867. The molecule has 0 radical (unpaired) electrons. The van der Waals surface area contributed by atoms with Crippen molar-refractivity contribution in [1.82, 2.24) is 10.2 Å². The summed E-state index contributed by atoms with van der Waals surface area (Å²) >= 11 is 0. The van der Waals surface area contributed by atoms with Gasteiger partial charge in [-0.15, -0.1) is 0 Å². The van der Waals surface area contributed by atoms with Crippen LogP contribution in [-0.2, 0) is 9.59 Å². The molecule has 0 spiro atoms. The van der Waals surface area contributed by atoms with Crippen LogP contribution in [0, 0.1) is 11.3 Å². The average Bonchev–Trinajstić information content (AvgIpc) is 2.94. The summed E-state index contributed by atoms with van der Waals surface area (Å²) in [6, 6.07) is 0.128. The van der Waals surface area contributed by atoms with Gasteiger partial charge in [0.1, 0.15) is 5.41 Å². The molecule has 1 aliphatic heterocycles. The van der Waals surface area contributed by atoms with Crippen LogP contribution >= 0.6 is 0 Å². The molecule has 5 nitrogen and oxygen atoms in total. The van der Waals surface area contributed by atoms with Crippen LogP contribution in [0.15, 0.2) is 0 Å². The van der Waals surface area contributed by atoms with Gasteiger partial charge < -0.3 is 16.0 Å². The highest BCUT2D eigenvalue weighted by molar-refractivity contribution is 6.05. The van der Waals surface area contributed by atoms with E-state index in [9.17, 15) is 9.59 Å². The van der Waals surface area contributed by atoms with Crippen LogP contribution in [0.5, 0.6) is 0 Å². The quantitative estimate of drug-likeness (QED) is 0.751.